The van der Waals surface area contributed by atoms with Crippen molar-refractivity contribution in [1.29, 1.82) is 5.26 Å². The summed E-state index contributed by atoms with van der Waals surface area (Å²) in [5.41, 5.74) is 2.59. The number of hydrogen-bond donors (Lipinski definition) is 1. The first-order chi connectivity index (χ1) is 7.85. The lowest BCUT2D eigenvalue weighted by atomic mass is 10.1. The molecule has 0 bridgehead atoms. The fourth-order valence-corrected chi connectivity index (χ4v) is 1.61. The van der Waals surface area contributed by atoms with Crippen LogP contribution in [-0.2, 0) is 0 Å². The van der Waals surface area contributed by atoms with Gasteiger partial charge in [0.2, 0.25) is 0 Å². The number of aldehydes is 1. The van der Waals surface area contributed by atoms with E-state index in [0.717, 1.165) is 22.8 Å². The summed E-state index contributed by atoms with van der Waals surface area (Å²) in [7, 11) is 0. The van der Waals surface area contributed by atoms with E-state index < -0.39 is 0 Å². The van der Waals surface area contributed by atoms with Gasteiger partial charge in [0.15, 0.2) is 6.29 Å². The zero-order valence-corrected chi connectivity index (χ0v) is 8.60. The lowest BCUT2D eigenvalue weighted by Crippen LogP contribution is -1.77. The van der Waals surface area contributed by atoms with E-state index in [0.29, 0.717) is 12.0 Å². The summed E-state index contributed by atoms with van der Waals surface area (Å²) >= 11 is 0. The normalized spacial score (nSPS) is 10.7. The van der Waals surface area contributed by atoms with E-state index in [1.54, 1.807) is 12.3 Å². The number of benzene rings is 1. The summed E-state index contributed by atoms with van der Waals surface area (Å²) < 4.78 is 0. The predicted octanol–water partition coefficient (Wildman–Crippen LogP) is 2.91. The Bertz CT molecular complexity index is 587. The highest BCUT2D eigenvalue weighted by molar-refractivity contribution is 5.98. The van der Waals surface area contributed by atoms with Crippen molar-refractivity contribution in [3.05, 3.63) is 41.6 Å². The third-order valence-electron chi connectivity index (χ3n) is 2.38. The smallest absolute Gasteiger partial charge is 0.152 e. The van der Waals surface area contributed by atoms with Crippen LogP contribution in [0.25, 0.3) is 17.0 Å². The number of fused-ring (bicyclic) bond motifs is 1. The largest absolute Gasteiger partial charge is 0.360 e. The van der Waals surface area contributed by atoms with E-state index in [2.05, 4.69) is 4.98 Å². The van der Waals surface area contributed by atoms with Gasteiger partial charge in [0, 0.05) is 22.7 Å². The van der Waals surface area contributed by atoms with Gasteiger partial charge in [0.1, 0.15) is 0 Å². The standard InChI is InChI=1S/C13H10N2O/c14-6-2-1-3-10-4-5-13-12(7-10)11(9-16)8-15-13/h1,3-5,7-9,15H,2H2. The molecule has 1 aromatic carbocycles. The highest BCUT2D eigenvalue weighted by atomic mass is 16.1. The topological polar surface area (TPSA) is 56.6 Å². The zero-order chi connectivity index (χ0) is 11.4. The maximum Gasteiger partial charge on any atom is 0.152 e. The highest BCUT2D eigenvalue weighted by Crippen LogP contribution is 2.19. The van der Waals surface area contributed by atoms with E-state index in [1.807, 2.05) is 30.3 Å². The SMILES string of the molecule is N#CCC=Cc1ccc2[nH]cc(C=O)c2c1. The molecule has 0 saturated carbocycles. The molecule has 0 unspecified atom stereocenters. The molecule has 0 radical (unpaired) electrons. The number of H-pyrrole nitrogens is 1. The van der Waals surface area contributed by atoms with E-state index >= 15 is 0 Å². The molecule has 0 aliphatic rings. The van der Waals surface area contributed by atoms with Gasteiger partial charge in [-0.1, -0.05) is 18.2 Å². The van der Waals surface area contributed by atoms with Gasteiger partial charge in [-0.25, -0.2) is 0 Å². The number of hydrogen-bond acceptors (Lipinski definition) is 2. The minimum atomic E-state index is 0.395. The van der Waals surface area contributed by atoms with Crippen molar-refractivity contribution >= 4 is 23.3 Å². The van der Waals surface area contributed by atoms with Crippen LogP contribution in [0.15, 0.2) is 30.5 Å². The maximum absolute atomic E-state index is 10.8. The van der Waals surface area contributed by atoms with Crippen LogP contribution in [0.3, 0.4) is 0 Å². The molecule has 0 spiro atoms. The van der Waals surface area contributed by atoms with Crippen molar-refractivity contribution in [3.8, 4) is 6.07 Å². The van der Waals surface area contributed by atoms with Crippen LogP contribution in [-0.4, -0.2) is 11.3 Å². The predicted molar refractivity (Wildman–Crippen MR) is 63.0 cm³/mol. The van der Waals surface area contributed by atoms with Crippen LogP contribution in [0.2, 0.25) is 0 Å². The molecule has 2 rings (SSSR count). The number of carbonyl (C=O) groups excluding carboxylic acids is 1. The molecular formula is C13H10N2O. The zero-order valence-electron chi connectivity index (χ0n) is 8.60. The van der Waals surface area contributed by atoms with Gasteiger partial charge in [-0.2, -0.15) is 5.26 Å². The number of nitriles is 1. The van der Waals surface area contributed by atoms with E-state index in [4.69, 9.17) is 5.26 Å². The first-order valence-electron chi connectivity index (χ1n) is 4.95. The number of allylic oxidation sites excluding steroid dienone is 1. The van der Waals surface area contributed by atoms with Crippen molar-refractivity contribution < 1.29 is 4.79 Å². The van der Waals surface area contributed by atoms with E-state index in [9.17, 15) is 4.79 Å². The minimum Gasteiger partial charge on any atom is -0.360 e. The van der Waals surface area contributed by atoms with Gasteiger partial charge in [-0.05, 0) is 17.7 Å². The first-order valence-corrected chi connectivity index (χ1v) is 4.95. The Labute approximate surface area is 93.0 Å². The number of carbonyl (C=O) groups is 1. The molecule has 3 heteroatoms. The Morgan fingerprint density at radius 2 is 2.31 bits per heavy atom. The Kier molecular flexibility index (Phi) is 2.84. The molecule has 0 aliphatic carbocycles. The third kappa shape index (κ3) is 1.86. The van der Waals surface area contributed by atoms with Crippen molar-refractivity contribution in [2.45, 2.75) is 6.42 Å². The summed E-state index contributed by atoms with van der Waals surface area (Å²) in [6.07, 6.45) is 6.60. The first kappa shape index (κ1) is 10.2. The summed E-state index contributed by atoms with van der Waals surface area (Å²) in [6.45, 7) is 0. The summed E-state index contributed by atoms with van der Waals surface area (Å²) in [4.78, 5) is 13.8. The van der Waals surface area contributed by atoms with Gasteiger partial charge in [-0.3, -0.25) is 4.79 Å². The summed E-state index contributed by atoms with van der Waals surface area (Å²) in [5.74, 6) is 0. The highest BCUT2D eigenvalue weighted by Gasteiger charge is 2.01. The van der Waals surface area contributed by atoms with Crippen molar-refractivity contribution in [2.75, 3.05) is 0 Å². The average Bonchev–Trinajstić information content (AvgIpc) is 2.71. The molecule has 0 aliphatic heterocycles. The van der Waals surface area contributed by atoms with Crippen molar-refractivity contribution in [3.63, 3.8) is 0 Å². The molecule has 16 heavy (non-hydrogen) atoms. The quantitative estimate of drug-likeness (QED) is 0.792. The second-order valence-electron chi connectivity index (χ2n) is 3.43. The van der Waals surface area contributed by atoms with Crippen LogP contribution >= 0.6 is 0 Å². The van der Waals surface area contributed by atoms with Crippen LogP contribution in [0.5, 0.6) is 0 Å². The Hall–Kier alpha value is -2.34. The molecule has 0 fully saturated rings. The summed E-state index contributed by atoms with van der Waals surface area (Å²) in [6, 6.07) is 7.85. The van der Waals surface area contributed by atoms with Crippen molar-refractivity contribution in [2.24, 2.45) is 0 Å². The molecule has 78 valence electrons. The van der Waals surface area contributed by atoms with Crippen LogP contribution in [0.1, 0.15) is 22.3 Å². The van der Waals surface area contributed by atoms with Crippen LogP contribution in [0, 0.1) is 11.3 Å². The van der Waals surface area contributed by atoms with Gasteiger partial charge in [0.25, 0.3) is 0 Å². The van der Waals surface area contributed by atoms with Gasteiger partial charge < -0.3 is 4.98 Å². The molecular weight excluding hydrogens is 200 g/mol. The van der Waals surface area contributed by atoms with Crippen LogP contribution < -0.4 is 0 Å². The van der Waals surface area contributed by atoms with Gasteiger partial charge in [-0.15, -0.1) is 0 Å². The number of rotatable bonds is 3. The lowest BCUT2D eigenvalue weighted by molar-refractivity contribution is 0.112. The maximum atomic E-state index is 10.8. The monoisotopic (exact) mass is 210 g/mol. The molecule has 0 amide bonds. The summed E-state index contributed by atoms with van der Waals surface area (Å²) in [5, 5.41) is 9.32. The van der Waals surface area contributed by atoms with Crippen LogP contribution in [0.4, 0.5) is 0 Å². The molecule has 1 N–H and O–H groups in total. The Balaban J connectivity index is 2.42. The number of nitrogens with one attached hydrogen (secondary N) is 1. The Morgan fingerprint density at radius 3 is 3.06 bits per heavy atom. The number of aromatic nitrogens is 1. The molecule has 0 saturated heterocycles. The number of nitrogens with zero attached hydrogens (tertiary/aromatic N) is 1. The minimum absolute atomic E-state index is 0.395. The molecule has 2 aromatic rings. The average molecular weight is 210 g/mol. The lowest BCUT2D eigenvalue weighted by Gasteiger charge is -1.94. The molecule has 1 aromatic heterocycles. The molecule has 3 nitrogen and oxygen atoms in total. The van der Waals surface area contributed by atoms with Gasteiger partial charge in [0.05, 0.1) is 12.5 Å². The van der Waals surface area contributed by atoms with Gasteiger partial charge >= 0.3 is 0 Å². The van der Waals surface area contributed by atoms with E-state index in [-0.39, 0.29) is 0 Å². The fraction of sp³-hybridized carbons (Fsp3) is 0.0769. The van der Waals surface area contributed by atoms with Crippen molar-refractivity contribution in [1.82, 2.24) is 4.98 Å². The molecule has 1 heterocycles. The van der Waals surface area contributed by atoms with E-state index in [1.165, 1.54) is 0 Å². The number of aromatic amines is 1. The second-order valence-corrected chi connectivity index (χ2v) is 3.43. The molecule has 0 atom stereocenters. The third-order valence-corrected chi connectivity index (χ3v) is 2.38. The Morgan fingerprint density at radius 1 is 1.44 bits per heavy atom. The second kappa shape index (κ2) is 4.45. The fourth-order valence-electron chi connectivity index (χ4n) is 1.61.